The summed E-state index contributed by atoms with van der Waals surface area (Å²) in [6, 6.07) is 7.41. The van der Waals surface area contributed by atoms with Crippen molar-refractivity contribution >= 4 is 11.9 Å². The number of carbonyl (C=O) groups is 2. The van der Waals surface area contributed by atoms with Crippen LogP contribution in [-0.4, -0.2) is 28.3 Å². The van der Waals surface area contributed by atoms with Crippen molar-refractivity contribution in [3.63, 3.8) is 0 Å². The zero-order valence-corrected chi connectivity index (χ0v) is 8.71. The van der Waals surface area contributed by atoms with E-state index in [1.807, 2.05) is 18.2 Å². The Balaban J connectivity index is 0.000000187. The maximum atomic E-state index is 10.8. The van der Waals surface area contributed by atoms with Crippen LogP contribution in [0.5, 0.6) is 0 Å². The third kappa shape index (κ3) is 3.36. The van der Waals surface area contributed by atoms with E-state index in [0.717, 1.165) is 5.56 Å². The lowest BCUT2D eigenvalue weighted by atomic mass is 10.1. The molecule has 2 rings (SSSR count). The SMILES string of the molecule is CC(O)C(=O)O.O=C1OCc2cccc1c2. The maximum absolute atomic E-state index is 10.8. The molecular weight excluding hydrogens is 212 g/mol. The number of carboxylic acids is 1. The molecule has 0 aliphatic carbocycles. The van der Waals surface area contributed by atoms with Gasteiger partial charge >= 0.3 is 11.9 Å². The molecule has 16 heavy (non-hydrogen) atoms. The highest BCUT2D eigenvalue weighted by Gasteiger charge is 2.12. The maximum Gasteiger partial charge on any atom is 0.338 e. The Kier molecular flexibility index (Phi) is 4.02. The molecule has 1 unspecified atom stereocenters. The van der Waals surface area contributed by atoms with E-state index in [1.165, 1.54) is 6.92 Å². The number of benzene rings is 1. The summed E-state index contributed by atoms with van der Waals surface area (Å²) in [4.78, 5) is 20.3. The lowest BCUT2D eigenvalue weighted by molar-refractivity contribution is -0.145. The van der Waals surface area contributed by atoms with Gasteiger partial charge in [0.1, 0.15) is 12.7 Å². The molecule has 1 atom stereocenters. The first kappa shape index (κ1) is 12.2. The Morgan fingerprint density at radius 2 is 2.12 bits per heavy atom. The van der Waals surface area contributed by atoms with Gasteiger partial charge in [0.25, 0.3) is 0 Å². The molecular formula is C11H12O5. The molecule has 1 aromatic rings. The van der Waals surface area contributed by atoms with Crippen LogP contribution in [0.4, 0.5) is 0 Å². The molecule has 0 fully saturated rings. The highest BCUT2D eigenvalue weighted by Crippen LogP contribution is 2.13. The predicted octanol–water partition coefficient (Wildman–Crippen LogP) is 0.809. The number of ether oxygens (including phenoxy) is 1. The summed E-state index contributed by atoms with van der Waals surface area (Å²) in [5.74, 6) is -1.40. The quantitative estimate of drug-likeness (QED) is 0.689. The van der Waals surface area contributed by atoms with Gasteiger partial charge in [-0.2, -0.15) is 0 Å². The Bertz CT molecular complexity index is 397. The Morgan fingerprint density at radius 3 is 2.62 bits per heavy atom. The van der Waals surface area contributed by atoms with Crippen LogP contribution in [0, 0.1) is 0 Å². The fourth-order valence-corrected chi connectivity index (χ4v) is 1.02. The highest BCUT2D eigenvalue weighted by molar-refractivity contribution is 5.90. The number of hydrogen-bond donors (Lipinski definition) is 2. The normalized spacial score (nSPS) is 14.2. The van der Waals surface area contributed by atoms with Crippen LogP contribution in [0.1, 0.15) is 22.8 Å². The monoisotopic (exact) mass is 224 g/mol. The van der Waals surface area contributed by atoms with Gasteiger partial charge in [-0.3, -0.25) is 0 Å². The minimum Gasteiger partial charge on any atom is -0.479 e. The topological polar surface area (TPSA) is 83.8 Å². The van der Waals surface area contributed by atoms with Gasteiger partial charge in [0.2, 0.25) is 0 Å². The third-order valence-electron chi connectivity index (χ3n) is 1.89. The number of rotatable bonds is 1. The van der Waals surface area contributed by atoms with Gasteiger partial charge in [0.05, 0.1) is 5.56 Å². The molecule has 0 aromatic heterocycles. The molecule has 2 bridgehead atoms. The van der Waals surface area contributed by atoms with Crippen molar-refractivity contribution in [2.24, 2.45) is 0 Å². The van der Waals surface area contributed by atoms with Crippen LogP contribution >= 0.6 is 0 Å². The van der Waals surface area contributed by atoms with Gasteiger partial charge in [-0.25, -0.2) is 9.59 Å². The van der Waals surface area contributed by atoms with E-state index < -0.39 is 12.1 Å². The fraction of sp³-hybridized carbons (Fsp3) is 0.273. The number of esters is 1. The van der Waals surface area contributed by atoms with E-state index in [1.54, 1.807) is 6.07 Å². The third-order valence-corrected chi connectivity index (χ3v) is 1.89. The molecule has 5 heteroatoms. The first-order valence-corrected chi connectivity index (χ1v) is 4.67. The van der Waals surface area contributed by atoms with Gasteiger partial charge in [-0.05, 0) is 24.6 Å². The van der Waals surface area contributed by atoms with E-state index >= 15 is 0 Å². The van der Waals surface area contributed by atoms with Crippen LogP contribution < -0.4 is 0 Å². The zero-order valence-electron chi connectivity index (χ0n) is 8.71. The van der Waals surface area contributed by atoms with E-state index in [9.17, 15) is 9.59 Å². The molecule has 0 radical (unpaired) electrons. The number of carboxylic acid groups (broad SMARTS) is 1. The van der Waals surface area contributed by atoms with Crippen molar-refractivity contribution < 1.29 is 24.5 Å². The second-order valence-corrected chi connectivity index (χ2v) is 3.29. The second-order valence-electron chi connectivity index (χ2n) is 3.29. The zero-order chi connectivity index (χ0) is 12.1. The van der Waals surface area contributed by atoms with Crippen LogP contribution in [-0.2, 0) is 16.1 Å². The summed E-state index contributed by atoms with van der Waals surface area (Å²) in [7, 11) is 0. The Hall–Kier alpha value is -1.88. The average Bonchev–Trinajstić information content (AvgIpc) is 2.25. The van der Waals surface area contributed by atoms with Crippen molar-refractivity contribution in [2.45, 2.75) is 19.6 Å². The summed E-state index contributed by atoms with van der Waals surface area (Å²) < 4.78 is 4.82. The summed E-state index contributed by atoms with van der Waals surface area (Å²) in [5.41, 5.74) is 1.72. The molecule has 0 spiro atoms. The van der Waals surface area contributed by atoms with E-state index in [2.05, 4.69) is 0 Å². The molecule has 0 saturated carbocycles. The number of carbonyl (C=O) groups excluding carboxylic acids is 1. The van der Waals surface area contributed by atoms with Gasteiger partial charge < -0.3 is 14.9 Å². The van der Waals surface area contributed by atoms with E-state index in [0.29, 0.717) is 12.2 Å². The Morgan fingerprint density at radius 1 is 1.50 bits per heavy atom. The second kappa shape index (κ2) is 5.27. The smallest absolute Gasteiger partial charge is 0.338 e. The predicted molar refractivity (Wildman–Crippen MR) is 54.9 cm³/mol. The van der Waals surface area contributed by atoms with Crippen LogP contribution in [0.2, 0.25) is 0 Å². The van der Waals surface area contributed by atoms with Crippen molar-refractivity contribution in [3.8, 4) is 0 Å². The molecule has 2 N–H and O–H groups in total. The van der Waals surface area contributed by atoms with Crippen LogP contribution in [0.3, 0.4) is 0 Å². The van der Waals surface area contributed by atoms with Gasteiger partial charge in [0.15, 0.2) is 0 Å². The van der Waals surface area contributed by atoms with Crippen LogP contribution in [0.15, 0.2) is 24.3 Å². The highest BCUT2D eigenvalue weighted by atomic mass is 16.5. The van der Waals surface area contributed by atoms with Gasteiger partial charge in [-0.15, -0.1) is 0 Å². The number of aliphatic carboxylic acids is 1. The molecule has 1 heterocycles. The molecule has 5 nitrogen and oxygen atoms in total. The summed E-state index contributed by atoms with van der Waals surface area (Å²) >= 11 is 0. The van der Waals surface area contributed by atoms with Crippen molar-refractivity contribution in [1.82, 2.24) is 0 Å². The lowest BCUT2D eigenvalue weighted by Crippen LogP contribution is -2.13. The lowest BCUT2D eigenvalue weighted by Gasteiger charge is -2.11. The summed E-state index contributed by atoms with van der Waals surface area (Å²) in [6.07, 6.45) is -1.23. The first-order valence-electron chi connectivity index (χ1n) is 4.67. The van der Waals surface area contributed by atoms with Gasteiger partial charge in [0, 0.05) is 0 Å². The van der Waals surface area contributed by atoms with E-state index in [4.69, 9.17) is 14.9 Å². The number of fused-ring (bicyclic) bond motifs is 2. The minimum atomic E-state index is -1.23. The molecule has 86 valence electrons. The fourth-order valence-electron chi connectivity index (χ4n) is 1.02. The molecule has 1 aliphatic heterocycles. The molecule has 0 amide bonds. The first-order chi connectivity index (χ1) is 7.50. The summed E-state index contributed by atoms with van der Waals surface area (Å²) in [5, 5.41) is 15.8. The number of aliphatic hydroxyl groups excluding tert-OH is 1. The number of aliphatic hydroxyl groups is 1. The van der Waals surface area contributed by atoms with Crippen molar-refractivity contribution in [3.05, 3.63) is 35.4 Å². The molecule has 0 saturated heterocycles. The standard InChI is InChI=1S/C8H6O2.C3H6O3/c9-8-7-3-1-2-6(4-7)5-10-8;1-2(4)3(5)6/h1-4H,5H2;2,4H,1H3,(H,5,6). The molecule has 1 aromatic carbocycles. The van der Waals surface area contributed by atoms with Crippen molar-refractivity contribution in [1.29, 1.82) is 0 Å². The van der Waals surface area contributed by atoms with Gasteiger partial charge in [-0.1, -0.05) is 12.1 Å². The van der Waals surface area contributed by atoms with E-state index in [-0.39, 0.29) is 5.97 Å². The summed E-state index contributed by atoms with van der Waals surface area (Å²) in [6.45, 7) is 1.62. The average molecular weight is 224 g/mol. The Labute approximate surface area is 92.3 Å². The van der Waals surface area contributed by atoms with Crippen molar-refractivity contribution in [2.75, 3.05) is 0 Å². The number of hydrogen-bond acceptors (Lipinski definition) is 4. The minimum absolute atomic E-state index is 0.215. The van der Waals surface area contributed by atoms with Crippen LogP contribution in [0.25, 0.3) is 0 Å². The largest absolute Gasteiger partial charge is 0.479 e. The number of cyclic esters (lactones) is 1. The molecule has 1 aliphatic rings.